The molecule has 0 N–H and O–H groups in total. The van der Waals surface area contributed by atoms with Crippen molar-refractivity contribution in [2.45, 2.75) is 20.8 Å². The second kappa shape index (κ2) is 6.21. The van der Waals surface area contributed by atoms with Crippen LogP contribution in [-0.2, 0) is 0 Å². The lowest BCUT2D eigenvalue weighted by atomic mass is 10.3. The molecule has 0 unspecified atom stereocenters. The third-order valence-electron chi connectivity index (χ3n) is 0.901. The fourth-order valence-corrected chi connectivity index (χ4v) is 1.40. The van der Waals surface area contributed by atoms with Crippen molar-refractivity contribution in [2.75, 3.05) is 11.5 Å². The Morgan fingerprint density at radius 1 is 1.44 bits per heavy atom. The topological polar surface area (TPSA) is 0 Å². The summed E-state index contributed by atoms with van der Waals surface area (Å²) in [5.41, 5.74) is 0. The lowest BCUT2D eigenvalue weighted by molar-refractivity contribution is 0.751. The maximum Gasteiger partial charge on any atom is 0.0113 e. The Kier molecular flexibility index (Phi) is 6.28. The largest absolute Gasteiger partial charge is 0.158 e. The summed E-state index contributed by atoms with van der Waals surface area (Å²) in [6.07, 6.45) is 4.31. The van der Waals surface area contributed by atoms with E-state index >= 15 is 0 Å². The zero-order valence-electron chi connectivity index (χ0n) is 6.55. The van der Waals surface area contributed by atoms with Gasteiger partial charge in [0, 0.05) is 5.75 Å². The van der Waals surface area contributed by atoms with Gasteiger partial charge in [-0.3, -0.25) is 0 Å². The molecule has 0 spiro atoms. The molecule has 0 saturated carbocycles. The highest BCUT2D eigenvalue weighted by molar-refractivity contribution is 7.99. The number of rotatable bonds is 4. The molecule has 0 aliphatic heterocycles. The van der Waals surface area contributed by atoms with E-state index < -0.39 is 0 Å². The lowest BCUT2D eigenvalue weighted by Crippen LogP contribution is -1.90. The molecule has 0 aromatic carbocycles. The summed E-state index contributed by atoms with van der Waals surface area (Å²) in [7, 11) is 0. The summed E-state index contributed by atoms with van der Waals surface area (Å²) in [4.78, 5) is 0. The minimum atomic E-state index is 0.834. The number of thioether (sulfide) groups is 1. The first-order valence-corrected chi connectivity index (χ1v) is 4.61. The maximum atomic E-state index is 2.25. The number of allylic oxidation sites excluding steroid dienone is 1. The first kappa shape index (κ1) is 9.09. The molecule has 0 aromatic rings. The van der Waals surface area contributed by atoms with Crippen molar-refractivity contribution < 1.29 is 0 Å². The van der Waals surface area contributed by atoms with E-state index in [0.717, 1.165) is 5.92 Å². The molecule has 0 fully saturated rings. The van der Waals surface area contributed by atoms with Crippen LogP contribution in [0, 0.1) is 5.92 Å². The molecule has 0 aromatic heterocycles. The van der Waals surface area contributed by atoms with Crippen molar-refractivity contribution in [1.82, 2.24) is 0 Å². The average Bonchev–Trinajstić information content (AvgIpc) is 1.80. The van der Waals surface area contributed by atoms with Crippen LogP contribution in [0.15, 0.2) is 12.2 Å². The highest BCUT2D eigenvalue weighted by atomic mass is 32.2. The SMILES string of the molecule is C/C=C/CSCC(C)C. The van der Waals surface area contributed by atoms with Gasteiger partial charge < -0.3 is 0 Å². The van der Waals surface area contributed by atoms with E-state index in [1.807, 2.05) is 11.8 Å². The van der Waals surface area contributed by atoms with Gasteiger partial charge in [0.15, 0.2) is 0 Å². The predicted molar refractivity (Wildman–Crippen MR) is 47.0 cm³/mol. The second-order valence-electron chi connectivity index (χ2n) is 2.50. The van der Waals surface area contributed by atoms with E-state index in [1.165, 1.54) is 11.5 Å². The van der Waals surface area contributed by atoms with Crippen LogP contribution in [0.5, 0.6) is 0 Å². The van der Waals surface area contributed by atoms with Crippen LogP contribution in [-0.4, -0.2) is 11.5 Å². The van der Waals surface area contributed by atoms with Gasteiger partial charge in [0.1, 0.15) is 0 Å². The van der Waals surface area contributed by atoms with E-state index in [2.05, 4.69) is 32.9 Å². The molecule has 0 nitrogen and oxygen atoms in total. The Hall–Kier alpha value is 0.0900. The van der Waals surface area contributed by atoms with Crippen LogP contribution in [0.25, 0.3) is 0 Å². The Morgan fingerprint density at radius 3 is 2.56 bits per heavy atom. The van der Waals surface area contributed by atoms with Crippen LogP contribution in [0.3, 0.4) is 0 Å². The minimum Gasteiger partial charge on any atom is -0.158 e. The van der Waals surface area contributed by atoms with Gasteiger partial charge in [-0.15, -0.1) is 0 Å². The van der Waals surface area contributed by atoms with Crippen LogP contribution < -0.4 is 0 Å². The summed E-state index contributed by atoms with van der Waals surface area (Å²) in [5.74, 6) is 3.29. The van der Waals surface area contributed by atoms with E-state index in [9.17, 15) is 0 Å². The second-order valence-corrected chi connectivity index (χ2v) is 3.58. The van der Waals surface area contributed by atoms with E-state index in [0.29, 0.717) is 0 Å². The molecule has 0 aliphatic rings. The number of hydrogen-bond donors (Lipinski definition) is 0. The third-order valence-corrected chi connectivity index (χ3v) is 2.23. The zero-order valence-corrected chi connectivity index (χ0v) is 7.37. The van der Waals surface area contributed by atoms with Crippen molar-refractivity contribution in [3.63, 3.8) is 0 Å². The Morgan fingerprint density at radius 2 is 2.11 bits per heavy atom. The fourth-order valence-electron chi connectivity index (χ4n) is 0.468. The highest BCUT2D eigenvalue weighted by Crippen LogP contribution is 2.06. The zero-order chi connectivity index (χ0) is 7.11. The van der Waals surface area contributed by atoms with Gasteiger partial charge in [0.25, 0.3) is 0 Å². The minimum absolute atomic E-state index is 0.834. The molecule has 0 atom stereocenters. The van der Waals surface area contributed by atoms with Crippen molar-refractivity contribution in [2.24, 2.45) is 5.92 Å². The van der Waals surface area contributed by atoms with Gasteiger partial charge in [-0.25, -0.2) is 0 Å². The van der Waals surface area contributed by atoms with Crippen LogP contribution in [0.4, 0.5) is 0 Å². The molecule has 54 valence electrons. The van der Waals surface area contributed by atoms with Gasteiger partial charge in [-0.1, -0.05) is 26.0 Å². The quantitative estimate of drug-likeness (QED) is 0.432. The van der Waals surface area contributed by atoms with Crippen LogP contribution in [0.1, 0.15) is 20.8 Å². The van der Waals surface area contributed by atoms with Crippen LogP contribution in [0.2, 0.25) is 0 Å². The normalized spacial score (nSPS) is 11.6. The van der Waals surface area contributed by atoms with Gasteiger partial charge >= 0.3 is 0 Å². The van der Waals surface area contributed by atoms with Crippen molar-refractivity contribution >= 4 is 11.8 Å². The molecule has 0 saturated heterocycles. The first-order chi connectivity index (χ1) is 4.27. The summed E-state index contributed by atoms with van der Waals surface area (Å²) in [6, 6.07) is 0. The van der Waals surface area contributed by atoms with Gasteiger partial charge in [-0.05, 0) is 18.6 Å². The molecule has 1 heteroatoms. The van der Waals surface area contributed by atoms with Crippen molar-refractivity contribution in [1.29, 1.82) is 0 Å². The molecule has 9 heavy (non-hydrogen) atoms. The monoisotopic (exact) mass is 144 g/mol. The van der Waals surface area contributed by atoms with Crippen molar-refractivity contribution in [3.05, 3.63) is 12.2 Å². The van der Waals surface area contributed by atoms with Crippen molar-refractivity contribution in [3.8, 4) is 0 Å². The molecule has 0 aliphatic carbocycles. The molecule has 0 amide bonds. The molecule has 0 rings (SSSR count). The summed E-state index contributed by atoms with van der Waals surface area (Å²) < 4.78 is 0. The smallest absolute Gasteiger partial charge is 0.0113 e. The fraction of sp³-hybridized carbons (Fsp3) is 0.750. The summed E-state index contributed by atoms with van der Waals surface area (Å²) >= 11 is 2.00. The summed E-state index contributed by atoms with van der Waals surface area (Å²) in [5, 5.41) is 0. The van der Waals surface area contributed by atoms with E-state index in [1.54, 1.807) is 0 Å². The predicted octanol–water partition coefficient (Wildman–Crippen LogP) is 2.95. The van der Waals surface area contributed by atoms with E-state index in [4.69, 9.17) is 0 Å². The van der Waals surface area contributed by atoms with Gasteiger partial charge in [-0.2, -0.15) is 11.8 Å². The molecule has 0 radical (unpaired) electrons. The van der Waals surface area contributed by atoms with Gasteiger partial charge in [0.05, 0.1) is 0 Å². The molecular formula is C8H16S. The average molecular weight is 144 g/mol. The third kappa shape index (κ3) is 8.09. The maximum absolute atomic E-state index is 2.25. The lowest BCUT2D eigenvalue weighted by Gasteiger charge is -1.99. The summed E-state index contributed by atoms with van der Waals surface area (Å²) in [6.45, 7) is 6.57. The first-order valence-electron chi connectivity index (χ1n) is 3.46. The molecular weight excluding hydrogens is 128 g/mol. The Bertz CT molecular complexity index is 74.6. The van der Waals surface area contributed by atoms with Crippen LogP contribution >= 0.6 is 11.8 Å². The number of hydrogen-bond acceptors (Lipinski definition) is 1. The molecule has 0 bridgehead atoms. The Labute approximate surface area is 62.7 Å². The molecule has 0 heterocycles. The van der Waals surface area contributed by atoms with E-state index in [-0.39, 0.29) is 0 Å². The Balaban J connectivity index is 2.91. The highest BCUT2D eigenvalue weighted by Gasteiger charge is 1.90. The standard InChI is InChI=1S/C8H16S/c1-4-5-6-9-7-8(2)3/h4-5,8H,6-7H2,1-3H3/b5-4+. The van der Waals surface area contributed by atoms with Gasteiger partial charge in [0.2, 0.25) is 0 Å².